The van der Waals surface area contributed by atoms with Gasteiger partial charge in [0, 0.05) is 61.0 Å². The first-order valence-electron chi connectivity index (χ1n) is 11.4. The summed E-state index contributed by atoms with van der Waals surface area (Å²) in [6, 6.07) is 2.42. The molecule has 164 valence electrons. The van der Waals surface area contributed by atoms with Crippen molar-refractivity contribution in [3.05, 3.63) is 39.3 Å². The molecule has 6 nitrogen and oxygen atoms in total. The van der Waals surface area contributed by atoms with Gasteiger partial charge in [0.2, 0.25) is 0 Å². The van der Waals surface area contributed by atoms with Gasteiger partial charge in [-0.25, -0.2) is 0 Å². The lowest BCUT2D eigenvalue weighted by Crippen LogP contribution is -2.55. The molecule has 2 saturated heterocycles. The van der Waals surface area contributed by atoms with Crippen molar-refractivity contribution >= 4 is 17.2 Å². The number of aromatic nitrogens is 2. The summed E-state index contributed by atoms with van der Waals surface area (Å²) >= 11 is 1.99. The predicted molar refractivity (Wildman–Crippen MR) is 120 cm³/mol. The Kier molecular flexibility index (Phi) is 6.60. The highest BCUT2D eigenvalue weighted by molar-refractivity contribution is 7.12. The van der Waals surface area contributed by atoms with Crippen LogP contribution in [0.15, 0.2) is 18.5 Å². The third-order valence-electron chi connectivity index (χ3n) is 6.58. The summed E-state index contributed by atoms with van der Waals surface area (Å²) in [5.74, 6) is 0.676. The fraction of sp³-hybridized carbons (Fsp3) is 0.652. The zero-order valence-electron chi connectivity index (χ0n) is 18.4. The number of nitrogens with one attached hydrogen (secondary N) is 1. The molecule has 1 spiro atoms. The van der Waals surface area contributed by atoms with Crippen LogP contribution in [0.4, 0.5) is 0 Å². The SMILES string of the molecule is CC.CCc1cc2c(s1)CCOC21CCN(CC2CN(C(=O)c3cn[nH]c3)C2)CC1. The molecule has 1 amide bonds. The van der Waals surface area contributed by atoms with Crippen molar-refractivity contribution in [1.29, 1.82) is 0 Å². The smallest absolute Gasteiger partial charge is 0.257 e. The van der Waals surface area contributed by atoms with Crippen molar-refractivity contribution in [2.24, 2.45) is 5.92 Å². The number of ether oxygens (including phenoxy) is 1. The molecule has 0 unspecified atom stereocenters. The Morgan fingerprint density at radius 3 is 2.77 bits per heavy atom. The van der Waals surface area contributed by atoms with E-state index in [9.17, 15) is 4.79 Å². The molecule has 0 aromatic carbocycles. The maximum atomic E-state index is 12.3. The number of aromatic amines is 1. The molecule has 0 radical (unpaired) electrons. The van der Waals surface area contributed by atoms with Gasteiger partial charge in [0.05, 0.1) is 24.0 Å². The van der Waals surface area contributed by atoms with Crippen LogP contribution < -0.4 is 0 Å². The van der Waals surface area contributed by atoms with E-state index in [0.29, 0.717) is 11.5 Å². The lowest BCUT2D eigenvalue weighted by Gasteiger charge is -2.47. The lowest BCUT2D eigenvalue weighted by molar-refractivity contribution is -0.1000. The molecule has 0 bridgehead atoms. The molecule has 7 heteroatoms. The normalized spacial score (nSPS) is 21.0. The van der Waals surface area contributed by atoms with Gasteiger partial charge in [-0.2, -0.15) is 5.10 Å². The topological polar surface area (TPSA) is 61.5 Å². The second-order valence-corrected chi connectivity index (χ2v) is 9.58. The quantitative estimate of drug-likeness (QED) is 0.804. The number of rotatable bonds is 4. The van der Waals surface area contributed by atoms with E-state index in [2.05, 4.69) is 28.1 Å². The number of likely N-dealkylation sites (tertiary alicyclic amines) is 2. The molecule has 0 atom stereocenters. The minimum atomic E-state index is -0.0447. The van der Waals surface area contributed by atoms with E-state index in [1.165, 1.54) is 10.4 Å². The minimum Gasteiger partial charge on any atom is -0.370 e. The summed E-state index contributed by atoms with van der Waals surface area (Å²) in [4.78, 5) is 19.9. The molecule has 3 aliphatic rings. The van der Waals surface area contributed by atoms with Gasteiger partial charge in [-0.3, -0.25) is 9.89 Å². The molecule has 5 rings (SSSR count). The highest BCUT2D eigenvalue weighted by Gasteiger charge is 2.42. The van der Waals surface area contributed by atoms with E-state index in [-0.39, 0.29) is 11.5 Å². The summed E-state index contributed by atoms with van der Waals surface area (Å²) in [6.07, 6.45) is 7.65. The number of nitrogens with zero attached hydrogens (tertiary/aromatic N) is 3. The van der Waals surface area contributed by atoms with Crippen molar-refractivity contribution in [2.75, 3.05) is 39.3 Å². The largest absolute Gasteiger partial charge is 0.370 e. The first-order chi connectivity index (χ1) is 14.7. The summed E-state index contributed by atoms with van der Waals surface area (Å²) in [5.41, 5.74) is 2.10. The third-order valence-corrected chi connectivity index (χ3v) is 7.92. The van der Waals surface area contributed by atoms with E-state index in [1.807, 2.05) is 30.1 Å². The Morgan fingerprint density at radius 1 is 1.33 bits per heavy atom. The number of aryl methyl sites for hydroxylation is 1. The highest BCUT2D eigenvalue weighted by Crippen LogP contribution is 2.44. The Labute approximate surface area is 183 Å². The average Bonchev–Trinajstić information content (AvgIpc) is 3.43. The summed E-state index contributed by atoms with van der Waals surface area (Å²) in [5, 5.41) is 6.58. The van der Waals surface area contributed by atoms with Crippen LogP contribution in [0.3, 0.4) is 0 Å². The molecule has 30 heavy (non-hydrogen) atoms. The first kappa shape index (κ1) is 21.5. The van der Waals surface area contributed by atoms with Crippen LogP contribution in [0.25, 0.3) is 0 Å². The van der Waals surface area contributed by atoms with Crippen molar-refractivity contribution in [1.82, 2.24) is 20.0 Å². The molecule has 1 N–H and O–H groups in total. The number of carbonyl (C=O) groups excluding carboxylic acids is 1. The number of hydrogen-bond donors (Lipinski definition) is 1. The molecule has 0 saturated carbocycles. The van der Waals surface area contributed by atoms with Gasteiger partial charge in [0.1, 0.15) is 0 Å². The number of piperidine rings is 1. The summed E-state index contributed by atoms with van der Waals surface area (Å²) in [6.45, 7) is 12.1. The lowest BCUT2D eigenvalue weighted by atomic mass is 9.82. The number of H-pyrrole nitrogens is 1. The van der Waals surface area contributed by atoms with Gasteiger partial charge in [0.15, 0.2) is 0 Å². The molecule has 2 aromatic rings. The fourth-order valence-electron chi connectivity index (χ4n) is 4.92. The molecule has 3 aliphatic heterocycles. The van der Waals surface area contributed by atoms with Gasteiger partial charge < -0.3 is 14.5 Å². The van der Waals surface area contributed by atoms with Crippen molar-refractivity contribution in [3.8, 4) is 0 Å². The van der Waals surface area contributed by atoms with Crippen molar-refractivity contribution in [2.45, 2.75) is 52.1 Å². The van der Waals surface area contributed by atoms with E-state index >= 15 is 0 Å². The highest BCUT2D eigenvalue weighted by atomic mass is 32.1. The Bertz CT molecular complexity index is 834. The standard InChI is InChI=1S/C21H28N4O2S.C2H6/c1-2-17-9-18-19(28-17)3-8-27-21(18)4-6-24(7-5-21)12-15-13-25(14-15)20(26)16-10-22-23-11-16;1-2/h9-11,15H,2-8,12-14H2,1H3,(H,22,23);1-2H3. The first-order valence-corrected chi connectivity index (χ1v) is 12.2. The predicted octanol–water partition coefficient (Wildman–Crippen LogP) is 3.70. The monoisotopic (exact) mass is 430 g/mol. The number of fused-ring (bicyclic) bond motifs is 2. The molecule has 2 aromatic heterocycles. The minimum absolute atomic E-state index is 0.0447. The number of amides is 1. The van der Waals surface area contributed by atoms with Crippen LogP contribution in [0.1, 0.15) is 59.3 Å². The second-order valence-electron chi connectivity index (χ2n) is 8.36. The Balaban J connectivity index is 0.00000106. The van der Waals surface area contributed by atoms with Crippen LogP contribution in [0.2, 0.25) is 0 Å². The second kappa shape index (κ2) is 9.20. The zero-order valence-corrected chi connectivity index (χ0v) is 19.3. The van der Waals surface area contributed by atoms with Crippen LogP contribution >= 0.6 is 11.3 Å². The van der Waals surface area contributed by atoms with Gasteiger partial charge in [-0.1, -0.05) is 20.8 Å². The fourth-order valence-corrected chi connectivity index (χ4v) is 6.10. The molecular weight excluding hydrogens is 396 g/mol. The average molecular weight is 431 g/mol. The van der Waals surface area contributed by atoms with Gasteiger partial charge in [-0.05, 0) is 30.9 Å². The van der Waals surface area contributed by atoms with Crippen LogP contribution in [0.5, 0.6) is 0 Å². The van der Waals surface area contributed by atoms with Gasteiger partial charge in [-0.15, -0.1) is 11.3 Å². The van der Waals surface area contributed by atoms with Gasteiger partial charge in [0.25, 0.3) is 5.91 Å². The van der Waals surface area contributed by atoms with E-state index < -0.39 is 0 Å². The molecule has 0 aliphatic carbocycles. The summed E-state index contributed by atoms with van der Waals surface area (Å²) in [7, 11) is 0. The maximum absolute atomic E-state index is 12.3. The maximum Gasteiger partial charge on any atom is 0.257 e. The molecule has 2 fully saturated rings. The number of carbonyl (C=O) groups is 1. The van der Waals surface area contributed by atoms with Crippen LogP contribution in [-0.4, -0.2) is 65.2 Å². The number of hydrogen-bond acceptors (Lipinski definition) is 5. The Hall–Kier alpha value is -1.70. The molecule has 5 heterocycles. The van der Waals surface area contributed by atoms with Crippen LogP contribution in [0, 0.1) is 5.92 Å². The van der Waals surface area contributed by atoms with Crippen LogP contribution in [-0.2, 0) is 23.2 Å². The van der Waals surface area contributed by atoms with E-state index in [0.717, 1.165) is 65.0 Å². The Morgan fingerprint density at radius 2 is 2.10 bits per heavy atom. The van der Waals surface area contributed by atoms with E-state index in [1.54, 1.807) is 17.3 Å². The third kappa shape index (κ3) is 4.07. The van der Waals surface area contributed by atoms with Crippen molar-refractivity contribution in [3.63, 3.8) is 0 Å². The zero-order chi connectivity index (χ0) is 21.1. The van der Waals surface area contributed by atoms with E-state index in [4.69, 9.17) is 4.74 Å². The summed E-state index contributed by atoms with van der Waals surface area (Å²) < 4.78 is 6.39. The number of thiophene rings is 1. The van der Waals surface area contributed by atoms with Gasteiger partial charge >= 0.3 is 0 Å². The van der Waals surface area contributed by atoms with Crippen molar-refractivity contribution < 1.29 is 9.53 Å². The molecular formula is C23H34N4O2S.